The fraction of sp³-hybridized carbons (Fsp3) is 0.750. The zero-order chi connectivity index (χ0) is 15.0. The lowest BCUT2D eigenvalue weighted by Crippen LogP contribution is -2.48. The summed E-state index contributed by atoms with van der Waals surface area (Å²) in [5.74, 6) is -0.174. The van der Waals surface area contributed by atoms with Crippen LogP contribution >= 0.6 is 0 Å². The van der Waals surface area contributed by atoms with Crippen molar-refractivity contribution in [3.05, 3.63) is 5.82 Å². The molecule has 3 rings (SSSR count). The molecule has 0 bridgehead atoms. The number of carbonyl (C=O) groups excluding carboxylic acids is 1. The first-order valence-electron chi connectivity index (χ1n) is 7.11. The van der Waals surface area contributed by atoms with Gasteiger partial charge in [0.25, 0.3) is 0 Å². The van der Waals surface area contributed by atoms with Crippen molar-refractivity contribution >= 4 is 12.0 Å². The number of likely N-dealkylation sites (tertiary alicyclic amines) is 1. The Hall–Kier alpha value is -2.19. The van der Waals surface area contributed by atoms with Crippen molar-refractivity contribution < 1.29 is 14.7 Å². The average Bonchev–Trinajstić information content (AvgIpc) is 3.14. The Balaban J connectivity index is 1.70. The number of urea groups is 1. The van der Waals surface area contributed by atoms with Crippen molar-refractivity contribution in [2.24, 2.45) is 11.8 Å². The summed E-state index contributed by atoms with van der Waals surface area (Å²) in [6.07, 6.45) is 2.93. The van der Waals surface area contributed by atoms with Crippen molar-refractivity contribution in [3.8, 4) is 0 Å². The molecule has 9 heteroatoms. The number of H-pyrrole nitrogens is 1. The Bertz CT molecular complexity index is 533. The molecule has 1 aromatic rings. The van der Waals surface area contributed by atoms with Crippen LogP contribution in [0.15, 0.2) is 0 Å². The summed E-state index contributed by atoms with van der Waals surface area (Å²) in [7, 11) is 0. The highest BCUT2D eigenvalue weighted by Gasteiger charge is 2.49. The van der Waals surface area contributed by atoms with E-state index in [0.717, 1.165) is 19.3 Å². The predicted octanol–water partition coefficient (Wildman–Crippen LogP) is 0.155. The molecule has 4 unspecified atom stereocenters. The fourth-order valence-electron chi connectivity index (χ4n) is 3.52. The molecule has 0 radical (unpaired) electrons. The van der Waals surface area contributed by atoms with E-state index in [1.165, 1.54) is 4.90 Å². The number of amides is 2. The molecule has 0 spiro atoms. The number of carbonyl (C=O) groups is 2. The van der Waals surface area contributed by atoms with Gasteiger partial charge in [0.1, 0.15) is 6.04 Å². The van der Waals surface area contributed by atoms with Crippen molar-refractivity contribution in [3.63, 3.8) is 0 Å². The molecule has 1 aromatic heterocycles. The second-order valence-electron chi connectivity index (χ2n) is 5.73. The van der Waals surface area contributed by atoms with Gasteiger partial charge in [0, 0.05) is 6.54 Å². The molecule has 2 heterocycles. The summed E-state index contributed by atoms with van der Waals surface area (Å²) in [6.45, 7) is 2.24. The van der Waals surface area contributed by atoms with Crippen molar-refractivity contribution in [1.29, 1.82) is 0 Å². The molecule has 1 saturated carbocycles. The fourth-order valence-corrected chi connectivity index (χ4v) is 3.52. The zero-order valence-electron chi connectivity index (χ0n) is 11.7. The van der Waals surface area contributed by atoms with Gasteiger partial charge in [-0.15, -0.1) is 10.2 Å². The van der Waals surface area contributed by atoms with E-state index in [0.29, 0.717) is 18.3 Å². The normalized spacial score (nSPS) is 29.2. The molecule has 2 amide bonds. The predicted molar refractivity (Wildman–Crippen MR) is 70.1 cm³/mol. The van der Waals surface area contributed by atoms with Crippen LogP contribution in [0.2, 0.25) is 0 Å². The second kappa shape index (κ2) is 5.30. The van der Waals surface area contributed by atoms with Crippen molar-refractivity contribution in [2.75, 3.05) is 6.54 Å². The molecule has 1 aliphatic heterocycles. The van der Waals surface area contributed by atoms with Crippen LogP contribution in [0, 0.1) is 11.8 Å². The van der Waals surface area contributed by atoms with Gasteiger partial charge in [-0.1, -0.05) is 11.6 Å². The van der Waals surface area contributed by atoms with E-state index in [4.69, 9.17) is 0 Å². The summed E-state index contributed by atoms with van der Waals surface area (Å²) < 4.78 is 0. The van der Waals surface area contributed by atoms with Gasteiger partial charge in [0.15, 0.2) is 5.82 Å². The number of aliphatic carboxylic acids is 1. The Kier molecular flexibility index (Phi) is 3.48. The Labute approximate surface area is 121 Å². The summed E-state index contributed by atoms with van der Waals surface area (Å²) in [4.78, 5) is 25.3. The van der Waals surface area contributed by atoms with Crippen LogP contribution < -0.4 is 5.32 Å². The van der Waals surface area contributed by atoms with E-state index >= 15 is 0 Å². The van der Waals surface area contributed by atoms with E-state index in [1.807, 2.05) is 0 Å². The van der Waals surface area contributed by atoms with Crippen LogP contribution in [-0.4, -0.2) is 55.2 Å². The maximum atomic E-state index is 12.4. The van der Waals surface area contributed by atoms with Crippen molar-refractivity contribution in [1.82, 2.24) is 30.8 Å². The maximum absolute atomic E-state index is 12.4. The van der Waals surface area contributed by atoms with Crippen molar-refractivity contribution in [2.45, 2.75) is 38.3 Å². The molecule has 4 atom stereocenters. The molecular formula is C12H18N6O3. The third kappa shape index (κ3) is 2.43. The summed E-state index contributed by atoms with van der Waals surface area (Å²) in [5.41, 5.74) is 0. The first-order chi connectivity index (χ1) is 10.1. The van der Waals surface area contributed by atoms with Crippen LogP contribution in [0.4, 0.5) is 4.79 Å². The average molecular weight is 294 g/mol. The number of hydrogen-bond acceptors (Lipinski definition) is 5. The van der Waals surface area contributed by atoms with Gasteiger partial charge in [0.05, 0.1) is 6.04 Å². The summed E-state index contributed by atoms with van der Waals surface area (Å²) >= 11 is 0. The number of carboxylic acid groups (broad SMARTS) is 1. The van der Waals surface area contributed by atoms with E-state index in [1.54, 1.807) is 6.92 Å². The highest BCUT2D eigenvalue weighted by molar-refractivity contribution is 5.84. The highest BCUT2D eigenvalue weighted by Crippen LogP contribution is 2.42. The van der Waals surface area contributed by atoms with E-state index in [-0.39, 0.29) is 11.9 Å². The quantitative estimate of drug-likeness (QED) is 0.729. The molecule has 2 fully saturated rings. The molecule has 9 nitrogen and oxygen atoms in total. The number of aromatic amines is 1. The van der Waals surface area contributed by atoms with E-state index in [2.05, 4.69) is 25.9 Å². The SMILES string of the molecule is CC(NC(=O)N1CC2CCCC2C1C(=O)O)c1nn[nH]n1. The molecule has 1 saturated heterocycles. The van der Waals surface area contributed by atoms with Gasteiger partial charge < -0.3 is 15.3 Å². The monoisotopic (exact) mass is 294 g/mol. The number of hydrogen-bond donors (Lipinski definition) is 3. The molecule has 3 N–H and O–H groups in total. The highest BCUT2D eigenvalue weighted by atomic mass is 16.4. The number of tetrazole rings is 1. The Morgan fingerprint density at radius 3 is 2.95 bits per heavy atom. The number of nitrogens with one attached hydrogen (secondary N) is 2. The Morgan fingerprint density at radius 2 is 2.29 bits per heavy atom. The maximum Gasteiger partial charge on any atom is 0.326 e. The van der Waals surface area contributed by atoms with Crippen LogP contribution in [0.5, 0.6) is 0 Å². The van der Waals surface area contributed by atoms with Gasteiger partial charge in [-0.25, -0.2) is 9.59 Å². The van der Waals surface area contributed by atoms with Crippen LogP contribution in [0.25, 0.3) is 0 Å². The standard InChI is InChI=1S/C12H18N6O3/c1-6(10-14-16-17-15-10)13-12(21)18-5-7-3-2-4-8(7)9(18)11(19)20/h6-9H,2-5H2,1H3,(H,13,21)(H,19,20)(H,14,15,16,17). The second-order valence-corrected chi connectivity index (χ2v) is 5.73. The minimum Gasteiger partial charge on any atom is -0.480 e. The van der Waals surface area contributed by atoms with Gasteiger partial charge in [0.2, 0.25) is 0 Å². The molecular weight excluding hydrogens is 276 g/mol. The minimum absolute atomic E-state index is 0.0775. The minimum atomic E-state index is -0.924. The van der Waals surface area contributed by atoms with Crippen LogP contribution in [-0.2, 0) is 4.79 Å². The molecule has 0 aromatic carbocycles. The smallest absolute Gasteiger partial charge is 0.326 e. The largest absolute Gasteiger partial charge is 0.480 e. The summed E-state index contributed by atoms with van der Waals surface area (Å²) in [5, 5.41) is 25.6. The van der Waals surface area contributed by atoms with E-state index in [9.17, 15) is 14.7 Å². The third-order valence-corrected chi connectivity index (χ3v) is 4.49. The number of nitrogens with zero attached hydrogens (tertiary/aromatic N) is 4. The topological polar surface area (TPSA) is 124 Å². The van der Waals surface area contributed by atoms with Gasteiger partial charge >= 0.3 is 12.0 Å². The number of fused-ring (bicyclic) bond motifs is 1. The molecule has 1 aliphatic carbocycles. The van der Waals surface area contributed by atoms with Gasteiger partial charge in [-0.3, -0.25) is 0 Å². The summed E-state index contributed by atoms with van der Waals surface area (Å²) in [6, 6.07) is -1.53. The lowest BCUT2D eigenvalue weighted by atomic mass is 9.94. The van der Waals surface area contributed by atoms with Gasteiger partial charge in [-0.05, 0) is 31.6 Å². The number of carboxylic acids is 1. The van der Waals surface area contributed by atoms with Crippen LogP contribution in [0.1, 0.15) is 38.1 Å². The first kappa shape index (κ1) is 13.8. The van der Waals surface area contributed by atoms with Crippen LogP contribution in [0.3, 0.4) is 0 Å². The number of aromatic nitrogens is 4. The molecule has 21 heavy (non-hydrogen) atoms. The lowest BCUT2D eigenvalue weighted by Gasteiger charge is -2.25. The third-order valence-electron chi connectivity index (χ3n) is 4.49. The molecule has 114 valence electrons. The lowest BCUT2D eigenvalue weighted by molar-refractivity contribution is -0.142. The number of rotatable bonds is 3. The zero-order valence-corrected chi connectivity index (χ0v) is 11.7. The molecule has 2 aliphatic rings. The van der Waals surface area contributed by atoms with Gasteiger partial charge in [-0.2, -0.15) is 5.21 Å². The first-order valence-corrected chi connectivity index (χ1v) is 7.11. The van der Waals surface area contributed by atoms with E-state index < -0.39 is 18.1 Å². The Morgan fingerprint density at radius 1 is 1.48 bits per heavy atom.